The van der Waals surface area contributed by atoms with Gasteiger partial charge in [0.05, 0.1) is 6.20 Å². The molecule has 0 bridgehead atoms. The molecule has 5 heteroatoms. The smallest absolute Gasteiger partial charge is 0.255 e. The Kier molecular flexibility index (Phi) is 4.54. The Morgan fingerprint density at radius 2 is 1.83 bits per heavy atom. The fourth-order valence-electron chi connectivity index (χ4n) is 2.01. The van der Waals surface area contributed by atoms with Crippen LogP contribution >= 0.6 is 11.6 Å². The zero-order valence-electron chi connectivity index (χ0n) is 12.1. The number of benzene rings is 2. The van der Waals surface area contributed by atoms with Crippen LogP contribution in [0.5, 0.6) is 11.5 Å². The van der Waals surface area contributed by atoms with E-state index in [0.717, 1.165) is 0 Å². The summed E-state index contributed by atoms with van der Waals surface area (Å²) in [5.41, 5.74) is 1.13. The third-order valence-electron chi connectivity index (χ3n) is 3.05. The Hall–Kier alpha value is -2.85. The molecule has 0 radical (unpaired) electrons. The molecule has 2 aromatic carbocycles. The van der Waals surface area contributed by atoms with Crippen molar-refractivity contribution in [2.24, 2.45) is 0 Å². The van der Waals surface area contributed by atoms with Crippen molar-refractivity contribution in [3.8, 4) is 11.5 Å². The van der Waals surface area contributed by atoms with Gasteiger partial charge in [-0.3, -0.25) is 9.78 Å². The van der Waals surface area contributed by atoms with Gasteiger partial charge in [-0.2, -0.15) is 0 Å². The summed E-state index contributed by atoms with van der Waals surface area (Å²) in [6, 6.07) is 17.5. The summed E-state index contributed by atoms with van der Waals surface area (Å²) in [6.07, 6.45) is 3.30. The number of anilines is 1. The van der Waals surface area contributed by atoms with Crippen LogP contribution in [0, 0.1) is 0 Å². The van der Waals surface area contributed by atoms with E-state index in [0.29, 0.717) is 27.8 Å². The zero-order valence-corrected chi connectivity index (χ0v) is 12.8. The highest BCUT2D eigenvalue weighted by atomic mass is 35.5. The van der Waals surface area contributed by atoms with Crippen LogP contribution in [-0.2, 0) is 0 Å². The molecule has 1 amide bonds. The number of pyridine rings is 1. The second-order valence-corrected chi connectivity index (χ2v) is 5.22. The number of nitrogens with zero attached hydrogens (tertiary/aromatic N) is 1. The molecular formula is C18H13ClN2O2. The summed E-state index contributed by atoms with van der Waals surface area (Å²) in [7, 11) is 0. The molecule has 4 nitrogen and oxygen atoms in total. The van der Waals surface area contributed by atoms with E-state index in [2.05, 4.69) is 10.3 Å². The molecule has 0 atom stereocenters. The van der Waals surface area contributed by atoms with E-state index in [9.17, 15) is 4.79 Å². The summed E-state index contributed by atoms with van der Waals surface area (Å²) in [5.74, 6) is 1.01. The van der Waals surface area contributed by atoms with E-state index in [1.54, 1.807) is 60.9 Å². The van der Waals surface area contributed by atoms with E-state index >= 15 is 0 Å². The maximum atomic E-state index is 12.2. The Balaban J connectivity index is 1.74. The van der Waals surface area contributed by atoms with Crippen LogP contribution in [0.3, 0.4) is 0 Å². The van der Waals surface area contributed by atoms with Crippen LogP contribution in [0.25, 0.3) is 0 Å². The second-order valence-electron chi connectivity index (χ2n) is 4.78. The average Bonchev–Trinajstić information content (AvgIpc) is 2.56. The topological polar surface area (TPSA) is 51.2 Å². The molecule has 1 heterocycles. The standard InChI is InChI=1S/C18H13ClN2O2/c19-14-5-1-4-13(10-14)18(22)21-15-6-2-7-16(11-15)23-17-8-3-9-20-12-17/h1-12H,(H,21,22). The minimum Gasteiger partial charge on any atom is -0.456 e. The third kappa shape index (κ3) is 4.08. The molecule has 0 spiro atoms. The van der Waals surface area contributed by atoms with Crippen LogP contribution in [-0.4, -0.2) is 10.9 Å². The summed E-state index contributed by atoms with van der Waals surface area (Å²) < 4.78 is 5.69. The number of halogens is 1. The summed E-state index contributed by atoms with van der Waals surface area (Å²) >= 11 is 5.90. The predicted octanol–water partition coefficient (Wildman–Crippen LogP) is 4.78. The molecule has 1 aromatic heterocycles. The van der Waals surface area contributed by atoms with E-state index in [1.807, 2.05) is 12.1 Å². The molecule has 23 heavy (non-hydrogen) atoms. The Morgan fingerprint density at radius 1 is 1.00 bits per heavy atom. The van der Waals surface area contributed by atoms with Crippen LogP contribution < -0.4 is 10.1 Å². The van der Waals surface area contributed by atoms with E-state index < -0.39 is 0 Å². The maximum Gasteiger partial charge on any atom is 0.255 e. The first kappa shape index (κ1) is 15.1. The number of carbonyl (C=O) groups is 1. The predicted molar refractivity (Wildman–Crippen MR) is 90.2 cm³/mol. The zero-order chi connectivity index (χ0) is 16.1. The van der Waals surface area contributed by atoms with Crippen molar-refractivity contribution in [1.82, 2.24) is 4.98 Å². The fourth-order valence-corrected chi connectivity index (χ4v) is 2.20. The van der Waals surface area contributed by atoms with Gasteiger partial charge in [-0.1, -0.05) is 23.7 Å². The first-order valence-electron chi connectivity index (χ1n) is 6.95. The highest BCUT2D eigenvalue weighted by Gasteiger charge is 2.07. The Bertz CT molecular complexity index is 822. The van der Waals surface area contributed by atoms with Crippen LogP contribution in [0.1, 0.15) is 10.4 Å². The molecule has 3 rings (SSSR count). The summed E-state index contributed by atoms with van der Waals surface area (Å²) in [4.78, 5) is 16.2. The van der Waals surface area contributed by atoms with E-state index in [4.69, 9.17) is 16.3 Å². The lowest BCUT2D eigenvalue weighted by Gasteiger charge is -2.09. The van der Waals surface area contributed by atoms with Gasteiger partial charge in [0.1, 0.15) is 11.5 Å². The van der Waals surface area contributed by atoms with Gasteiger partial charge >= 0.3 is 0 Å². The lowest BCUT2D eigenvalue weighted by atomic mass is 10.2. The van der Waals surface area contributed by atoms with Crippen molar-refractivity contribution in [2.45, 2.75) is 0 Å². The molecule has 0 aliphatic carbocycles. The van der Waals surface area contributed by atoms with Crippen molar-refractivity contribution in [1.29, 1.82) is 0 Å². The number of hydrogen-bond donors (Lipinski definition) is 1. The van der Waals surface area contributed by atoms with Gasteiger partial charge < -0.3 is 10.1 Å². The average molecular weight is 325 g/mol. The molecule has 0 aliphatic rings. The number of aromatic nitrogens is 1. The van der Waals surface area contributed by atoms with Gasteiger partial charge in [-0.15, -0.1) is 0 Å². The monoisotopic (exact) mass is 324 g/mol. The van der Waals surface area contributed by atoms with Gasteiger partial charge in [0, 0.05) is 28.5 Å². The Labute approximate surface area is 138 Å². The molecule has 0 aliphatic heterocycles. The normalized spacial score (nSPS) is 10.1. The molecular weight excluding hydrogens is 312 g/mol. The SMILES string of the molecule is O=C(Nc1cccc(Oc2cccnc2)c1)c1cccc(Cl)c1. The van der Waals surface area contributed by atoms with Crippen LogP contribution in [0.4, 0.5) is 5.69 Å². The number of rotatable bonds is 4. The third-order valence-corrected chi connectivity index (χ3v) is 3.28. The minimum atomic E-state index is -0.231. The van der Waals surface area contributed by atoms with Crippen molar-refractivity contribution in [3.63, 3.8) is 0 Å². The van der Waals surface area contributed by atoms with Crippen molar-refractivity contribution in [2.75, 3.05) is 5.32 Å². The summed E-state index contributed by atoms with van der Waals surface area (Å²) in [6.45, 7) is 0. The largest absolute Gasteiger partial charge is 0.456 e. The lowest BCUT2D eigenvalue weighted by molar-refractivity contribution is 0.102. The van der Waals surface area contributed by atoms with Gasteiger partial charge in [-0.05, 0) is 42.5 Å². The van der Waals surface area contributed by atoms with E-state index in [-0.39, 0.29) is 5.91 Å². The first-order valence-corrected chi connectivity index (χ1v) is 7.33. The van der Waals surface area contributed by atoms with Gasteiger partial charge in [0.15, 0.2) is 0 Å². The number of carbonyl (C=O) groups excluding carboxylic acids is 1. The molecule has 0 fully saturated rings. The highest BCUT2D eigenvalue weighted by molar-refractivity contribution is 6.31. The molecule has 0 saturated heterocycles. The fraction of sp³-hybridized carbons (Fsp3) is 0. The first-order chi connectivity index (χ1) is 11.2. The van der Waals surface area contributed by atoms with Crippen LogP contribution in [0.2, 0.25) is 5.02 Å². The van der Waals surface area contributed by atoms with Crippen LogP contribution in [0.15, 0.2) is 73.1 Å². The van der Waals surface area contributed by atoms with Crippen molar-refractivity contribution >= 4 is 23.2 Å². The summed E-state index contributed by atoms with van der Waals surface area (Å²) in [5, 5.41) is 3.34. The Morgan fingerprint density at radius 3 is 2.61 bits per heavy atom. The van der Waals surface area contributed by atoms with Gasteiger partial charge in [0.2, 0.25) is 0 Å². The molecule has 0 saturated carbocycles. The molecule has 114 valence electrons. The second kappa shape index (κ2) is 6.94. The quantitative estimate of drug-likeness (QED) is 0.751. The van der Waals surface area contributed by atoms with Crippen molar-refractivity contribution in [3.05, 3.63) is 83.6 Å². The molecule has 1 N–H and O–H groups in total. The van der Waals surface area contributed by atoms with Gasteiger partial charge in [0.25, 0.3) is 5.91 Å². The van der Waals surface area contributed by atoms with Gasteiger partial charge in [-0.25, -0.2) is 0 Å². The number of hydrogen-bond acceptors (Lipinski definition) is 3. The lowest BCUT2D eigenvalue weighted by Crippen LogP contribution is -2.11. The minimum absolute atomic E-state index is 0.231. The molecule has 3 aromatic rings. The molecule has 0 unspecified atom stereocenters. The number of ether oxygens (including phenoxy) is 1. The number of amides is 1. The van der Waals surface area contributed by atoms with Crippen molar-refractivity contribution < 1.29 is 9.53 Å². The van der Waals surface area contributed by atoms with E-state index in [1.165, 1.54) is 0 Å². The maximum absolute atomic E-state index is 12.2. The highest BCUT2D eigenvalue weighted by Crippen LogP contribution is 2.23. The number of nitrogens with one attached hydrogen (secondary N) is 1.